The minimum Gasteiger partial charge on any atom is -0.324 e. The first-order chi connectivity index (χ1) is 15.6. The summed E-state index contributed by atoms with van der Waals surface area (Å²) >= 11 is 6.52. The van der Waals surface area contributed by atoms with E-state index < -0.39 is 0 Å². The molecule has 1 atom stereocenters. The van der Waals surface area contributed by atoms with Gasteiger partial charge in [-0.2, -0.15) is 4.98 Å². The van der Waals surface area contributed by atoms with Crippen LogP contribution in [-0.2, 0) is 0 Å². The average Bonchev–Trinajstić information content (AvgIpc) is 3.22. The summed E-state index contributed by atoms with van der Waals surface area (Å²) in [4.78, 5) is 17.2. The van der Waals surface area contributed by atoms with Gasteiger partial charge in [0.15, 0.2) is 0 Å². The molecule has 5 rings (SSSR count). The highest BCUT2D eigenvalue weighted by molar-refractivity contribution is 6.31. The first kappa shape index (κ1) is 20.0. The van der Waals surface area contributed by atoms with Crippen LogP contribution in [0.1, 0.15) is 33.1 Å². The molecule has 7 heteroatoms. The summed E-state index contributed by atoms with van der Waals surface area (Å²) < 4.78 is 1.73. The predicted molar refractivity (Wildman–Crippen MR) is 127 cm³/mol. The van der Waals surface area contributed by atoms with Gasteiger partial charge < -0.3 is 5.32 Å². The van der Waals surface area contributed by atoms with Crippen molar-refractivity contribution in [2.24, 2.45) is 0 Å². The Labute approximate surface area is 190 Å². The summed E-state index contributed by atoms with van der Waals surface area (Å²) in [6.45, 7) is 1.98. The number of anilines is 2. The Balaban J connectivity index is 1.52. The van der Waals surface area contributed by atoms with Crippen molar-refractivity contribution in [1.82, 2.24) is 14.8 Å². The smallest absolute Gasteiger partial charge is 0.258 e. The van der Waals surface area contributed by atoms with Crippen molar-refractivity contribution in [3.63, 3.8) is 0 Å². The first-order valence-corrected chi connectivity index (χ1v) is 10.6. The minimum absolute atomic E-state index is 0.220. The number of aromatic nitrogens is 3. The van der Waals surface area contributed by atoms with Crippen LogP contribution in [0.4, 0.5) is 11.9 Å². The number of nitrogens with zero attached hydrogens (tertiary/aromatic N) is 3. The van der Waals surface area contributed by atoms with Crippen molar-refractivity contribution in [1.29, 1.82) is 0 Å². The summed E-state index contributed by atoms with van der Waals surface area (Å²) in [6.07, 6.45) is 2.06. The summed E-state index contributed by atoms with van der Waals surface area (Å²) in [5.41, 5.74) is 4.44. The van der Waals surface area contributed by atoms with Gasteiger partial charge in [-0.05, 0) is 42.3 Å². The van der Waals surface area contributed by atoms with Gasteiger partial charge in [-0.25, -0.2) is 4.68 Å². The van der Waals surface area contributed by atoms with Gasteiger partial charge >= 0.3 is 0 Å². The van der Waals surface area contributed by atoms with Crippen LogP contribution in [0.3, 0.4) is 0 Å². The number of hydrogen-bond donors (Lipinski definition) is 2. The summed E-state index contributed by atoms with van der Waals surface area (Å²) in [6, 6.07) is 24.7. The van der Waals surface area contributed by atoms with Gasteiger partial charge in [0.2, 0.25) is 5.95 Å². The van der Waals surface area contributed by atoms with Crippen molar-refractivity contribution < 1.29 is 4.79 Å². The Kier molecular flexibility index (Phi) is 5.21. The number of carbonyl (C=O) groups is 1. The zero-order valence-corrected chi connectivity index (χ0v) is 18.0. The first-order valence-electron chi connectivity index (χ1n) is 10.2. The van der Waals surface area contributed by atoms with Gasteiger partial charge in [0.25, 0.3) is 11.9 Å². The summed E-state index contributed by atoms with van der Waals surface area (Å²) in [5.74, 6) is 0.479. The standard InChI is InChI=1S/C25H20ClN5O/c1-16-11-13-18(14-12-16)23(32)28-24-29-25-27-21(17-7-3-2-4-8-17)15-22(31(25)30-24)19-9-5-6-10-20(19)26/h2-15,22H,1H3,(H2,27,28,29,30,32)/t22-/m1/s1. The highest BCUT2D eigenvalue weighted by Gasteiger charge is 2.27. The highest BCUT2D eigenvalue weighted by atomic mass is 35.5. The van der Waals surface area contributed by atoms with Crippen molar-refractivity contribution in [3.05, 3.63) is 112 Å². The molecule has 0 fully saturated rings. The number of benzene rings is 3. The van der Waals surface area contributed by atoms with Gasteiger partial charge in [-0.1, -0.05) is 77.8 Å². The third-order valence-electron chi connectivity index (χ3n) is 5.31. The molecule has 1 amide bonds. The Morgan fingerprint density at radius 2 is 1.72 bits per heavy atom. The molecule has 0 saturated heterocycles. The van der Waals surface area contributed by atoms with Crippen LogP contribution >= 0.6 is 11.6 Å². The molecule has 1 aliphatic heterocycles. The second kappa shape index (κ2) is 8.32. The lowest BCUT2D eigenvalue weighted by molar-refractivity contribution is 0.102. The molecule has 1 aliphatic rings. The maximum absolute atomic E-state index is 12.7. The number of carbonyl (C=O) groups excluding carboxylic acids is 1. The fourth-order valence-corrected chi connectivity index (χ4v) is 3.89. The van der Waals surface area contributed by atoms with Crippen LogP contribution < -0.4 is 10.6 Å². The fourth-order valence-electron chi connectivity index (χ4n) is 3.65. The normalized spacial score (nSPS) is 14.8. The van der Waals surface area contributed by atoms with E-state index in [-0.39, 0.29) is 17.9 Å². The fraction of sp³-hybridized carbons (Fsp3) is 0.0800. The van der Waals surface area contributed by atoms with Gasteiger partial charge in [-0.15, -0.1) is 5.10 Å². The molecule has 0 spiro atoms. The van der Waals surface area contributed by atoms with E-state index in [9.17, 15) is 4.79 Å². The Bertz CT molecular complexity index is 1310. The zero-order valence-electron chi connectivity index (χ0n) is 17.3. The molecular weight excluding hydrogens is 422 g/mol. The Morgan fingerprint density at radius 1 is 1.00 bits per heavy atom. The third-order valence-corrected chi connectivity index (χ3v) is 5.66. The number of amides is 1. The largest absolute Gasteiger partial charge is 0.324 e. The molecule has 1 aromatic heterocycles. The van der Waals surface area contributed by atoms with Crippen LogP contribution in [-0.4, -0.2) is 20.7 Å². The molecule has 158 valence electrons. The summed E-state index contributed by atoms with van der Waals surface area (Å²) in [5, 5.41) is 11.3. The number of aryl methyl sites for hydroxylation is 1. The van der Waals surface area contributed by atoms with Crippen molar-refractivity contribution in [3.8, 4) is 0 Å². The quantitative estimate of drug-likeness (QED) is 0.435. The van der Waals surface area contributed by atoms with Crippen molar-refractivity contribution in [2.75, 3.05) is 10.6 Å². The molecule has 4 aromatic rings. The van der Waals surface area contributed by atoms with E-state index in [0.717, 1.165) is 22.4 Å². The number of fused-ring (bicyclic) bond motifs is 1. The monoisotopic (exact) mass is 441 g/mol. The highest BCUT2D eigenvalue weighted by Crippen LogP contribution is 2.35. The Hall–Kier alpha value is -3.90. The van der Waals surface area contributed by atoms with Crippen LogP contribution in [0.15, 0.2) is 84.9 Å². The molecule has 0 saturated carbocycles. The Morgan fingerprint density at radius 3 is 2.47 bits per heavy atom. The van der Waals surface area contributed by atoms with Crippen molar-refractivity contribution >= 4 is 35.1 Å². The number of rotatable bonds is 4. The van der Waals surface area contributed by atoms with Crippen LogP contribution in [0.2, 0.25) is 5.02 Å². The van der Waals surface area contributed by atoms with Crippen LogP contribution in [0.25, 0.3) is 5.70 Å². The van der Waals surface area contributed by atoms with E-state index in [0.29, 0.717) is 16.5 Å². The molecule has 0 radical (unpaired) electrons. The van der Waals surface area contributed by atoms with Gasteiger partial charge in [0.05, 0.1) is 0 Å². The van der Waals surface area contributed by atoms with E-state index in [1.54, 1.807) is 16.8 Å². The number of hydrogen-bond acceptors (Lipinski definition) is 4. The molecule has 2 heterocycles. The lowest BCUT2D eigenvalue weighted by Crippen LogP contribution is -2.20. The van der Waals surface area contributed by atoms with E-state index in [1.807, 2.05) is 73.7 Å². The predicted octanol–water partition coefficient (Wildman–Crippen LogP) is 5.55. The maximum atomic E-state index is 12.7. The molecular formula is C25H20ClN5O. The molecule has 6 nitrogen and oxygen atoms in total. The second-order valence-corrected chi connectivity index (χ2v) is 7.97. The van der Waals surface area contributed by atoms with Crippen LogP contribution in [0, 0.1) is 6.92 Å². The van der Waals surface area contributed by atoms with E-state index in [1.165, 1.54) is 0 Å². The zero-order chi connectivity index (χ0) is 22.1. The topological polar surface area (TPSA) is 71.8 Å². The van der Waals surface area contributed by atoms with E-state index in [2.05, 4.69) is 26.8 Å². The molecule has 32 heavy (non-hydrogen) atoms. The lowest BCUT2D eigenvalue weighted by atomic mass is 10.0. The second-order valence-electron chi connectivity index (χ2n) is 7.56. The van der Waals surface area contributed by atoms with Crippen LogP contribution in [0.5, 0.6) is 0 Å². The molecule has 0 bridgehead atoms. The maximum Gasteiger partial charge on any atom is 0.258 e. The third kappa shape index (κ3) is 3.88. The van der Waals surface area contributed by atoms with E-state index >= 15 is 0 Å². The van der Waals surface area contributed by atoms with Gasteiger partial charge in [-0.3, -0.25) is 10.1 Å². The van der Waals surface area contributed by atoms with Gasteiger partial charge in [0.1, 0.15) is 6.04 Å². The average molecular weight is 442 g/mol. The molecule has 0 unspecified atom stereocenters. The minimum atomic E-state index is -0.285. The number of allylic oxidation sites excluding steroid dienone is 1. The lowest BCUT2D eigenvalue weighted by Gasteiger charge is -2.24. The van der Waals surface area contributed by atoms with Gasteiger partial charge in [0, 0.05) is 16.3 Å². The number of halogens is 1. The van der Waals surface area contributed by atoms with Crippen molar-refractivity contribution in [2.45, 2.75) is 13.0 Å². The summed E-state index contributed by atoms with van der Waals surface area (Å²) in [7, 11) is 0. The number of nitrogens with one attached hydrogen (secondary N) is 2. The molecule has 3 aromatic carbocycles. The SMILES string of the molecule is Cc1ccc(C(=O)Nc2nc3n(n2)[C@@H](c2ccccc2Cl)C=C(c2ccccc2)N3)cc1. The van der Waals surface area contributed by atoms with E-state index in [4.69, 9.17) is 11.6 Å². The molecule has 2 N–H and O–H groups in total. The molecule has 0 aliphatic carbocycles.